The van der Waals surface area contributed by atoms with E-state index in [1.165, 1.54) is 12.1 Å². The number of fused-ring (bicyclic) bond motifs is 1. The van der Waals surface area contributed by atoms with Crippen LogP contribution in [0.5, 0.6) is 0 Å². The molecule has 2 atom stereocenters. The van der Waals surface area contributed by atoms with Gasteiger partial charge >= 0.3 is 0 Å². The highest BCUT2D eigenvalue weighted by Gasteiger charge is 2.39. The normalized spacial score (nSPS) is 27.2. The molecule has 2 saturated heterocycles. The van der Waals surface area contributed by atoms with Crippen LogP contribution in [0.25, 0.3) is 0 Å². The molecule has 4 heteroatoms. The second-order valence-corrected chi connectivity index (χ2v) is 4.77. The lowest BCUT2D eigenvalue weighted by molar-refractivity contribution is 0.0751. The molecule has 2 heterocycles. The summed E-state index contributed by atoms with van der Waals surface area (Å²) in [6, 6.07) is 5.74. The number of amides is 1. The Hall–Kier alpha value is -1.42. The van der Waals surface area contributed by atoms with Crippen molar-refractivity contribution < 1.29 is 13.9 Å². The van der Waals surface area contributed by atoms with Gasteiger partial charge in [-0.15, -0.1) is 0 Å². The van der Waals surface area contributed by atoms with Gasteiger partial charge in [-0.2, -0.15) is 0 Å². The average Bonchev–Trinajstić information content (AvgIpc) is 2.89. The van der Waals surface area contributed by atoms with Crippen LogP contribution in [0.2, 0.25) is 0 Å². The van der Waals surface area contributed by atoms with Crippen LogP contribution in [0.4, 0.5) is 4.39 Å². The van der Waals surface area contributed by atoms with Crippen LogP contribution in [0.15, 0.2) is 24.3 Å². The Morgan fingerprint density at radius 2 is 1.76 bits per heavy atom. The number of benzene rings is 1. The van der Waals surface area contributed by atoms with Gasteiger partial charge in [0.05, 0.1) is 13.2 Å². The summed E-state index contributed by atoms with van der Waals surface area (Å²) in [5, 5.41) is 0. The summed E-state index contributed by atoms with van der Waals surface area (Å²) in [6.45, 7) is 3.05. The molecule has 0 aromatic heterocycles. The highest BCUT2D eigenvalue weighted by atomic mass is 19.1. The second kappa shape index (κ2) is 4.11. The van der Waals surface area contributed by atoms with Gasteiger partial charge in [0.2, 0.25) is 0 Å². The Morgan fingerprint density at radius 3 is 2.35 bits per heavy atom. The largest absolute Gasteiger partial charge is 0.381 e. The predicted molar refractivity (Wildman–Crippen MR) is 60.1 cm³/mol. The first kappa shape index (κ1) is 10.7. The van der Waals surface area contributed by atoms with Crippen molar-refractivity contribution in [3.8, 4) is 0 Å². The van der Waals surface area contributed by atoms with Crippen molar-refractivity contribution in [3.63, 3.8) is 0 Å². The third kappa shape index (κ3) is 1.93. The van der Waals surface area contributed by atoms with E-state index in [9.17, 15) is 9.18 Å². The fraction of sp³-hybridized carbons (Fsp3) is 0.462. The van der Waals surface area contributed by atoms with Crippen LogP contribution in [-0.4, -0.2) is 37.1 Å². The minimum Gasteiger partial charge on any atom is -0.381 e. The van der Waals surface area contributed by atoms with E-state index >= 15 is 0 Å². The zero-order valence-corrected chi connectivity index (χ0v) is 9.43. The van der Waals surface area contributed by atoms with Gasteiger partial charge in [-0.3, -0.25) is 4.79 Å². The van der Waals surface area contributed by atoms with Gasteiger partial charge in [-0.05, 0) is 24.3 Å². The van der Waals surface area contributed by atoms with E-state index in [-0.39, 0.29) is 11.7 Å². The maximum Gasteiger partial charge on any atom is 0.253 e. The summed E-state index contributed by atoms with van der Waals surface area (Å²) < 4.78 is 18.1. The molecule has 0 aliphatic carbocycles. The molecule has 0 unspecified atom stereocenters. The molecule has 1 amide bonds. The van der Waals surface area contributed by atoms with Gasteiger partial charge < -0.3 is 9.64 Å². The highest BCUT2D eigenvalue weighted by molar-refractivity contribution is 5.94. The standard InChI is InChI=1S/C13H14FNO2/c14-12-3-1-9(2-4-12)13(16)15-5-10-7-17-8-11(10)6-15/h1-4,10-11H,5-8H2/t10-,11-/m1/s1. The van der Waals surface area contributed by atoms with Gasteiger partial charge in [0.15, 0.2) is 0 Å². The Labute approximate surface area is 99.2 Å². The minimum atomic E-state index is -0.312. The van der Waals surface area contributed by atoms with Crippen molar-refractivity contribution >= 4 is 5.91 Å². The maximum absolute atomic E-state index is 12.8. The number of halogens is 1. The maximum atomic E-state index is 12.8. The molecule has 1 aromatic rings. The molecular weight excluding hydrogens is 221 g/mol. The van der Waals surface area contributed by atoms with Crippen LogP contribution in [0.3, 0.4) is 0 Å². The fourth-order valence-corrected chi connectivity index (χ4v) is 2.63. The van der Waals surface area contributed by atoms with Crippen LogP contribution in [0.1, 0.15) is 10.4 Å². The molecule has 0 bridgehead atoms. The summed E-state index contributed by atoms with van der Waals surface area (Å²) >= 11 is 0. The van der Waals surface area contributed by atoms with Crippen molar-refractivity contribution in [2.45, 2.75) is 0 Å². The number of hydrogen-bond donors (Lipinski definition) is 0. The number of nitrogens with zero attached hydrogens (tertiary/aromatic N) is 1. The molecule has 90 valence electrons. The third-order valence-electron chi connectivity index (χ3n) is 3.62. The summed E-state index contributed by atoms with van der Waals surface area (Å²) in [7, 11) is 0. The van der Waals surface area contributed by atoms with Crippen LogP contribution >= 0.6 is 0 Å². The zero-order valence-electron chi connectivity index (χ0n) is 9.43. The first-order chi connectivity index (χ1) is 8.24. The molecule has 2 aliphatic rings. The van der Waals surface area contributed by atoms with Crippen molar-refractivity contribution in [3.05, 3.63) is 35.6 Å². The molecule has 2 aliphatic heterocycles. The zero-order chi connectivity index (χ0) is 11.8. The van der Waals surface area contributed by atoms with E-state index in [1.807, 2.05) is 4.90 Å². The second-order valence-electron chi connectivity index (χ2n) is 4.77. The van der Waals surface area contributed by atoms with Crippen molar-refractivity contribution in [2.75, 3.05) is 26.3 Å². The topological polar surface area (TPSA) is 29.5 Å². The van der Waals surface area contributed by atoms with Gasteiger partial charge in [-0.1, -0.05) is 0 Å². The van der Waals surface area contributed by atoms with E-state index in [0.29, 0.717) is 17.4 Å². The first-order valence-electron chi connectivity index (χ1n) is 5.86. The van der Waals surface area contributed by atoms with E-state index in [1.54, 1.807) is 12.1 Å². The lowest BCUT2D eigenvalue weighted by atomic mass is 10.0. The molecule has 0 spiro atoms. The van der Waals surface area contributed by atoms with Gasteiger partial charge in [-0.25, -0.2) is 4.39 Å². The molecular formula is C13H14FNO2. The SMILES string of the molecule is O=C(c1ccc(F)cc1)N1C[C@@H]2COC[C@H]2C1. The van der Waals surface area contributed by atoms with Crippen molar-refractivity contribution in [2.24, 2.45) is 11.8 Å². The van der Waals surface area contributed by atoms with Gasteiger partial charge in [0.1, 0.15) is 5.82 Å². The Morgan fingerprint density at radius 1 is 1.18 bits per heavy atom. The number of carbonyl (C=O) groups is 1. The van der Waals surface area contributed by atoms with E-state index in [0.717, 1.165) is 26.3 Å². The molecule has 0 N–H and O–H groups in total. The van der Waals surface area contributed by atoms with Crippen molar-refractivity contribution in [1.82, 2.24) is 4.90 Å². The minimum absolute atomic E-state index is 0.000556. The monoisotopic (exact) mass is 235 g/mol. The highest BCUT2D eigenvalue weighted by Crippen LogP contribution is 2.29. The van der Waals surface area contributed by atoms with Crippen LogP contribution in [-0.2, 0) is 4.74 Å². The molecule has 17 heavy (non-hydrogen) atoms. The first-order valence-corrected chi connectivity index (χ1v) is 5.86. The van der Waals surface area contributed by atoms with Crippen LogP contribution in [0, 0.1) is 17.7 Å². The number of likely N-dealkylation sites (tertiary alicyclic amines) is 1. The quantitative estimate of drug-likeness (QED) is 0.739. The molecule has 2 fully saturated rings. The third-order valence-corrected chi connectivity index (χ3v) is 3.62. The summed E-state index contributed by atoms with van der Waals surface area (Å²) in [6.07, 6.45) is 0. The lowest BCUT2D eigenvalue weighted by Crippen LogP contribution is -2.30. The number of hydrogen-bond acceptors (Lipinski definition) is 2. The Balaban J connectivity index is 1.73. The van der Waals surface area contributed by atoms with E-state index < -0.39 is 0 Å². The Kier molecular flexibility index (Phi) is 2.59. The molecule has 3 nitrogen and oxygen atoms in total. The molecule has 1 aromatic carbocycles. The number of carbonyl (C=O) groups excluding carboxylic acids is 1. The van der Waals surface area contributed by atoms with E-state index in [4.69, 9.17) is 4.74 Å². The summed E-state index contributed by atoms with van der Waals surface area (Å²) in [4.78, 5) is 14.0. The lowest BCUT2D eigenvalue weighted by Gasteiger charge is -2.17. The van der Waals surface area contributed by atoms with E-state index in [2.05, 4.69) is 0 Å². The predicted octanol–water partition coefficient (Wildman–Crippen LogP) is 1.54. The van der Waals surface area contributed by atoms with Crippen LogP contribution < -0.4 is 0 Å². The molecule has 0 saturated carbocycles. The summed E-state index contributed by atoms with van der Waals surface area (Å²) in [5.41, 5.74) is 0.562. The van der Waals surface area contributed by atoms with Gasteiger partial charge in [0, 0.05) is 30.5 Å². The smallest absolute Gasteiger partial charge is 0.253 e. The number of ether oxygens (including phenoxy) is 1. The molecule has 3 rings (SSSR count). The van der Waals surface area contributed by atoms with Crippen molar-refractivity contribution in [1.29, 1.82) is 0 Å². The molecule has 0 radical (unpaired) electrons. The number of rotatable bonds is 1. The average molecular weight is 235 g/mol. The fourth-order valence-electron chi connectivity index (χ4n) is 2.63. The Bertz CT molecular complexity index is 420. The van der Waals surface area contributed by atoms with Gasteiger partial charge in [0.25, 0.3) is 5.91 Å². The summed E-state index contributed by atoms with van der Waals surface area (Å²) in [5.74, 6) is 0.659.